The van der Waals surface area contributed by atoms with Crippen LogP contribution in [0.3, 0.4) is 0 Å². The minimum absolute atomic E-state index is 0.0313. The summed E-state index contributed by atoms with van der Waals surface area (Å²) in [5, 5.41) is 32.5. The van der Waals surface area contributed by atoms with Gasteiger partial charge in [0.1, 0.15) is 0 Å². The van der Waals surface area contributed by atoms with Gasteiger partial charge >= 0.3 is 5.97 Å². The largest absolute Gasteiger partial charge is 0.435 e. The number of aliphatic hydroxyl groups excluding tert-OH is 2. The molecule has 2 aliphatic heterocycles. The second-order valence-electron chi connectivity index (χ2n) is 11.3. The van der Waals surface area contributed by atoms with Gasteiger partial charge in [0.25, 0.3) is 0 Å². The Hall–Kier alpha value is -0.690. The van der Waals surface area contributed by atoms with E-state index in [-0.39, 0.29) is 41.3 Å². The average molecular weight is 407 g/mol. The first-order valence-corrected chi connectivity index (χ1v) is 11.7. The molecule has 0 amide bonds. The Bertz CT molecular complexity index is 741. The summed E-state index contributed by atoms with van der Waals surface area (Å²) in [6, 6.07) is 0. The Morgan fingerprint density at radius 2 is 1.79 bits per heavy atom. The number of carbonyl (C=O) groups is 1. The number of hydrogen-bond acceptors (Lipinski definition) is 6. The molecular formula is C23H34O6. The summed E-state index contributed by atoms with van der Waals surface area (Å²) in [6.45, 7) is 2.34. The van der Waals surface area contributed by atoms with Crippen LogP contribution in [0, 0.1) is 34.5 Å². The van der Waals surface area contributed by atoms with Crippen LogP contribution >= 0.6 is 0 Å². The highest BCUT2D eigenvalue weighted by atomic mass is 16.7. The van der Waals surface area contributed by atoms with Gasteiger partial charge in [-0.2, -0.15) is 0 Å². The molecule has 6 aliphatic rings. The topological polar surface area (TPSA) is 96.2 Å². The third kappa shape index (κ3) is 2.05. The van der Waals surface area contributed by atoms with Crippen LogP contribution in [0.25, 0.3) is 0 Å². The minimum Gasteiger partial charge on any atom is -0.435 e. The molecule has 29 heavy (non-hydrogen) atoms. The fourth-order valence-electron chi connectivity index (χ4n) is 9.51. The molecule has 4 saturated carbocycles. The van der Waals surface area contributed by atoms with E-state index in [1.54, 1.807) is 0 Å². The highest BCUT2D eigenvalue weighted by Gasteiger charge is 2.75. The molecular weight excluding hydrogens is 372 g/mol. The summed E-state index contributed by atoms with van der Waals surface area (Å²) in [5.41, 5.74) is -1.86. The number of ether oxygens (including phenoxy) is 2. The van der Waals surface area contributed by atoms with Crippen molar-refractivity contribution in [1.29, 1.82) is 0 Å². The second kappa shape index (κ2) is 5.76. The van der Waals surface area contributed by atoms with Gasteiger partial charge in [-0.05, 0) is 69.1 Å². The van der Waals surface area contributed by atoms with Gasteiger partial charge in [-0.25, -0.2) is 0 Å². The lowest BCUT2D eigenvalue weighted by Crippen LogP contribution is -2.71. The Labute approximate surface area is 172 Å². The van der Waals surface area contributed by atoms with Crippen molar-refractivity contribution in [3.8, 4) is 0 Å². The first-order valence-electron chi connectivity index (χ1n) is 11.7. The van der Waals surface area contributed by atoms with Crippen molar-refractivity contribution in [2.75, 3.05) is 6.61 Å². The molecule has 0 aromatic rings. The SMILES string of the molecule is C[C@]12CC[C@@H]3[C@H](CC[C@@]4(O)C[C@@H](O)CC[C@]34CO)[C@@]13CC[C@H]2[C@H]1CC(=O)O[C@H]1O3. The van der Waals surface area contributed by atoms with E-state index >= 15 is 0 Å². The summed E-state index contributed by atoms with van der Waals surface area (Å²) in [5.74, 6) is 0.935. The molecule has 6 nitrogen and oxygen atoms in total. The zero-order valence-electron chi connectivity index (χ0n) is 17.3. The van der Waals surface area contributed by atoms with Crippen LogP contribution in [0.5, 0.6) is 0 Å². The number of rotatable bonds is 1. The van der Waals surface area contributed by atoms with Crippen LogP contribution in [-0.4, -0.2) is 51.5 Å². The van der Waals surface area contributed by atoms with Gasteiger partial charge in [0.2, 0.25) is 6.29 Å². The monoisotopic (exact) mass is 406 g/mol. The van der Waals surface area contributed by atoms with Crippen LogP contribution in [0.4, 0.5) is 0 Å². The standard InChI is InChI=1S/C23H34O6/c1-20-6-3-16-17(4-8-22(27)11-13(25)2-7-21(16,22)12-24)23(20)9-5-15(20)14-10-18(26)28-19(14)29-23/h13-17,19,24-25,27H,2-12H2,1H3/t13-,14+,15-,16+,17-,19-,20+,21-,22+,23-/m0/s1. The number of carbonyl (C=O) groups excluding carboxylic acids is 1. The Morgan fingerprint density at radius 3 is 2.59 bits per heavy atom. The van der Waals surface area contributed by atoms with Gasteiger partial charge in [-0.15, -0.1) is 0 Å². The minimum atomic E-state index is -1.00. The summed E-state index contributed by atoms with van der Waals surface area (Å²) >= 11 is 0. The lowest BCUT2D eigenvalue weighted by atomic mass is 9.41. The molecule has 0 spiro atoms. The molecule has 162 valence electrons. The predicted octanol–water partition coefficient (Wildman–Crippen LogP) is 2.14. The number of fused-ring (bicyclic) bond motifs is 5. The van der Waals surface area contributed by atoms with E-state index < -0.39 is 23.4 Å². The van der Waals surface area contributed by atoms with E-state index in [0.29, 0.717) is 38.0 Å². The third-order valence-corrected chi connectivity index (χ3v) is 10.8. The molecule has 0 radical (unpaired) electrons. The van der Waals surface area contributed by atoms with Crippen LogP contribution in [0.15, 0.2) is 0 Å². The van der Waals surface area contributed by atoms with Crippen molar-refractivity contribution in [3.05, 3.63) is 0 Å². The maximum Gasteiger partial charge on any atom is 0.308 e. The third-order valence-electron chi connectivity index (χ3n) is 10.8. The maximum absolute atomic E-state index is 12.0. The molecule has 6 heteroatoms. The average Bonchev–Trinajstić information content (AvgIpc) is 3.13. The fourth-order valence-corrected chi connectivity index (χ4v) is 9.51. The van der Waals surface area contributed by atoms with Crippen molar-refractivity contribution in [2.45, 2.75) is 94.7 Å². The van der Waals surface area contributed by atoms with Gasteiger partial charge < -0.3 is 24.8 Å². The van der Waals surface area contributed by atoms with E-state index in [1.165, 1.54) is 0 Å². The summed E-state index contributed by atoms with van der Waals surface area (Å²) in [4.78, 5) is 12.0. The van der Waals surface area contributed by atoms with Crippen molar-refractivity contribution in [1.82, 2.24) is 0 Å². The summed E-state index contributed by atoms with van der Waals surface area (Å²) in [7, 11) is 0. The van der Waals surface area contributed by atoms with Crippen LogP contribution in [0.2, 0.25) is 0 Å². The lowest BCUT2D eigenvalue weighted by Gasteiger charge is -2.68. The van der Waals surface area contributed by atoms with Crippen molar-refractivity contribution < 1.29 is 29.6 Å². The van der Waals surface area contributed by atoms with E-state index in [0.717, 1.165) is 32.1 Å². The molecule has 10 atom stereocenters. The van der Waals surface area contributed by atoms with Crippen molar-refractivity contribution in [2.24, 2.45) is 34.5 Å². The van der Waals surface area contributed by atoms with Crippen molar-refractivity contribution >= 4 is 5.97 Å². The molecule has 6 rings (SSSR count). The highest BCUT2D eigenvalue weighted by Crippen LogP contribution is 2.74. The lowest BCUT2D eigenvalue weighted by molar-refractivity contribution is -0.335. The predicted molar refractivity (Wildman–Crippen MR) is 102 cm³/mol. The molecule has 4 aliphatic carbocycles. The van der Waals surface area contributed by atoms with Gasteiger partial charge in [0.15, 0.2) is 0 Å². The van der Waals surface area contributed by atoms with E-state index in [4.69, 9.17) is 9.47 Å². The second-order valence-corrected chi connectivity index (χ2v) is 11.3. The van der Waals surface area contributed by atoms with Crippen LogP contribution < -0.4 is 0 Å². The molecule has 0 unspecified atom stereocenters. The molecule has 2 bridgehead atoms. The molecule has 2 saturated heterocycles. The van der Waals surface area contributed by atoms with Gasteiger partial charge in [0.05, 0.1) is 30.3 Å². The Morgan fingerprint density at radius 1 is 1.03 bits per heavy atom. The summed E-state index contributed by atoms with van der Waals surface area (Å²) < 4.78 is 12.4. The maximum atomic E-state index is 12.0. The number of aliphatic hydroxyl groups is 3. The van der Waals surface area contributed by atoms with Gasteiger partial charge in [-0.1, -0.05) is 6.92 Å². The Balaban J connectivity index is 1.42. The van der Waals surface area contributed by atoms with E-state index in [2.05, 4.69) is 6.92 Å². The van der Waals surface area contributed by atoms with Gasteiger partial charge in [0, 0.05) is 23.2 Å². The highest BCUT2D eigenvalue weighted by molar-refractivity contribution is 5.72. The zero-order chi connectivity index (χ0) is 20.2. The van der Waals surface area contributed by atoms with E-state index in [1.807, 2.05) is 0 Å². The fraction of sp³-hybridized carbons (Fsp3) is 0.957. The van der Waals surface area contributed by atoms with Crippen LogP contribution in [0.1, 0.15) is 71.1 Å². The molecule has 2 heterocycles. The normalized spacial score (nSPS) is 60.6. The zero-order valence-corrected chi connectivity index (χ0v) is 17.3. The first-order chi connectivity index (χ1) is 13.8. The van der Waals surface area contributed by atoms with E-state index in [9.17, 15) is 20.1 Å². The first kappa shape index (κ1) is 19.0. The van der Waals surface area contributed by atoms with Crippen molar-refractivity contribution in [3.63, 3.8) is 0 Å². The molecule has 0 aromatic heterocycles. The number of hydrogen-bond donors (Lipinski definition) is 3. The smallest absolute Gasteiger partial charge is 0.308 e. The quantitative estimate of drug-likeness (QED) is 0.578. The van der Waals surface area contributed by atoms with Gasteiger partial charge in [-0.3, -0.25) is 4.79 Å². The number of esters is 1. The summed E-state index contributed by atoms with van der Waals surface area (Å²) in [6.07, 6.45) is 6.76. The molecule has 0 aromatic carbocycles. The molecule has 3 N–H and O–H groups in total. The molecule has 6 fully saturated rings. The van der Waals surface area contributed by atoms with Crippen LogP contribution in [-0.2, 0) is 14.3 Å². The Kier molecular flexibility index (Phi) is 3.78.